The first-order valence-corrected chi connectivity index (χ1v) is 9.98. The van der Waals surface area contributed by atoms with Crippen molar-refractivity contribution in [3.63, 3.8) is 0 Å². The van der Waals surface area contributed by atoms with Crippen LogP contribution in [0.5, 0.6) is 5.75 Å². The van der Waals surface area contributed by atoms with E-state index in [9.17, 15) is 9.59 Å². The number of benzene rings is 2. The zero-order valence-corrected chi connectivity index (χ0v) is 17.8. The molecule has 1 saturated heterocycles. The Hall–Kier alpha value is -2.48. The van der Waals surface area contributed by atoms with Crippen molar-refractivity contribution in [2.75, 3.05) is 13.7 Å². The lowest BCUT2D eigenvalue weighted by atomic mass is 10.2. The van der Waals surface area contributed by atoms with Crippen LogP contribution in [0.1, 0.15) is 11.1 Å². The second-order valence-corrected chi connectivity index (χ2v) is 7.84. The highest BCUT2D eigenvalue weighted by Crippen LogP contribution is 2.36. The van der Waals surface area contributed by atoms with E-state index in [0.29, 0.717) is 15.6 Å². The molecule has 0 saturated carbocycles. The van der Waals surface area contributed by atoms with Crippen molar-refractivity contribution in [1.82, 2.24) is 5.32 Å². The van der Waals surface area contributed by atoms with E-state index in [0.717, 1.165) is 11.3 Å². The summed E-state index contributed by atoms with van der Waals surface area (Å²) in [6.45, 7) is 1.68. The molecule has 150 valence electrons. The van der Waals surface area contributed by atoms with Gasteiger partial charge in [0.15, 0.2) is 17.5 Å². The van der Waals surface area contributed by atoms with Crippen LogP contribution in [0.2, 0.25) is 10.0 Å². The number of rotatable bonds is 5. The maximum Gasteiger partial charge on any atom is 0.343 e. The van der Waals surface area contributed by atoms with Crippen LogP contribution in [0.3, 0.4) is 0 Å². The van der Waals surface area contributed by atoms with Gasteiger partial charge >= 0.3 is 5.97 Å². The summed E-state index contributed by atoms with van der Waals surface area (Å²) in [4.78, 5) is 28.4. The van der Waals surface area contributed by atoms with Gasteiger partial charge < -0.3 is 14.8 Å². The van der Waals surface area contributed by atoms with E-state index in [4.69, 9.17) is 27.9 Å². The third-order valence-corrected chi connectivity index (χ3v) is 5.27. The Balaban J connectivity index is 1.78. The first kappa shape index (κ1) is 21.2. The van der Waals surface area contributed by atoms with Crippen molar-refractivity contribution >= 4 is 63.8 Å². The van der Waals surface area contributed by atoms with Gasteiger partial charge in [-0.25, -0.2) is 9.79 Å². The standard InChI is InChI=1S/C20H16Cl2N2O4S/c1-11-3-5-13(6-4-11)23-20-24-19(26)16(29-20)9-12-7-14(21)18(15(22)8-12)28-10-17(25)27-2/h3-9H,10H2,1-2H3,(H,23,24,26)/b16-9+. The molecule has 0 aromatic heterocycles. The largest absolute Gasteiger partial charge is 0.479 e. The van der Waals surface area contributed by atoms with E-state index < -0.39 is 5.97 Å². The molecule has 0 bridgehead atoms. The van der Waals surface area contributed by atoms with Crippen LogP contribution >= 0.6 is 35.0 Å². The molecule has 6 nitrogen and oxygen atoms in total. The number of ether oxygens (including phenoxy) is 2. The highest BCUT2D eigenvalue weighted by atomic mass is 35.5. The Morgan fingerprint density at radius 3 is 2.48 bits per heavy atom. The molecule has 0 atom stereocenters. The quantitative estimate of drug-likeness (QED) is 0.525. The lowest BCUT2D eigenvalue weighted by Crippen LogP contribution is -2.19. The van der Waals surface area contributed by atoms with E-state index >= 15 is 0 Å². The van der Waals surface area contributed by atoms with Gasteiger partial charge in [-0.1, -0.05) is 40.9 Å². The van der Waals surface area contributed by atoms with E-state index in [1.807, 2.05) is 31.2 Å². The van der Waals surface area contributed by atoms with Crippen molar-refractivity contribution in [1.29, 1.82) is 0 Å². The third-order valence-electron chi connectivity index (χ3n) is 3.80. The molecular formula is C20H16Cl2N2O4S. The van der Waals surface area contributed by atoms with Crippen LogP contribution in [0.15, 0.2) is 46.3 Å². The minimum absolute atomic E-state index is 0.172. The number of carbonyl (C=O) groups is 2. The minimum Gasteiger partial charge on any atom is -0.479 e. The normalized spacial score (nSPS) is 16.2. The molecule has 0 radical (unpaired) electrons. The number of amidine groups is 1. The molecule has 1 aliphatic rings. The number of nitrogens with zero attached hydrogens (tertiary/aromatic N) is 1. The predicted octanol–water partition coefficient (Wildman–Crippen LogP) is 4.75. The van der Waals surface area contributed by atoms with Crippen molar-refractivity contribution in [2.24, 2.45) is 4.99 Å². The number of halogens is 2. The van der Waals surface area contributed by atoms with E-state index in [-0.39, 0.29) is 28.3 Å². The van der Waals surface area contributed by atoms with Gasteiger partial charge in [0.1, 0.15) is 0 Å². The van der Waals surface area contributed by atoms with E-state index in [1.165, 1.54) is 18.9 Å². The Kier molecular flexibility index (Phi) is 6.84. The zero-order valence-electron chi connectivity index (χ0n) is 15.5. The van der Waals surface area contributed by atoms with Gasteiger partial charge in [-0.3, -0.25) is 4.79 Å². The third kappa shape index (κ3) is 5.53. The maximum absolute atomic E-state index is 12.3. The molecule has 2 aromatic carbocycles. The van der Waals surface area contributed by atoms with Crippen molar-refractivity contribution in [3.8, 4) is 5.75 Å². The Morgan fingerprint density at radius 2 is 1.86 bits per heavy atom. The molecule has 2 aromatic rings. The smallest absolute Gasteiger partial charge is 0.343 e. The SMILES string of the molecule is COC(=O)COc1c(Cl)cc(/C=C2/SC(=Nc3ccc(C)cc3)NC2=O)cc1Cl. The summed E-state index contributed by atoms with van der Waals surface area (Å²) in [5.74, 6) is -0.645. The van der Waals surface area contributed by atoms with Gasteiger partial charge in [-0.2, -0.15) is 0 Å². The van der Waals surface area contributed by atoms with Crippen LogP contribution in [0, 0.1) is 6.92 Å². The Bertz CT molecular complexity index is 997. The summed E-state index contributed by atoms with van der Waals surface area (Å²) in [5, 5.41) is 3.64. The number of amides is 1. The Morgan fingerprint density at radius 1 is 1.21 bits per heavy atom. The van der Waals surface area contributed by atoms with Crippen LogP contribution in [-0.4, -0.2) is 30.8 Å². The fourth-order valence-electron chi connectivity index (χ4n) is 2.36. The van der Waals surface area contributed by atoms with Gasteiger partial charge in [0, 0.05) is 0 Å². The molecule has 9 heteroatoms. The fourth-order valence-corrected chi connectivity index (χ4v) is 3.81. The lowest BCUT2D eigenvalue weighted by Gasteiger charge is -2.10. The molecule has 0 spiro atoms. The number of carbonyl (C=O) groups excluding carboxylic acids is 2. The maximum atomic E-state index is 12.3. The van der Waals surface area contributed by atoms with Crippen molar-refractivity contribution < 1.29 is 19.1 Å². The van der Waals surface area contributed by atoms with Crippen molar-refractivity contribution in [3.05, 3.63) is 62.5 Å². The van der Waals surface area contributed by atoms with Gasteiger partial charge in [-0.05, 0) is 54.6 Å². The van der Waals surface area contributed by atoms with Gasteiger partial charge in [0.2, 0.25) is 0 Å². The monoisotopic (exact) mass is 450 g/mol. The molecule has 1 fully saturated rings. The molecule has 1 N–H and O–H groups in total. The van der Waals surface area contributed by atoms with E-state index in [2.05, 4.69) is 15.0 Å². The van der Waals surface area contributed by atoms with Crippen LogP contribution in [-0.2, 0) is 14.3 Å². The lowest BCUT2D eigenvalue weighted by molar-refractivity contribution is -0.142. The summed E-state index contributed by atoms with van der Waals surface area (Å²) in [7, 11) is 1.25. The zero-order chi connectivity index (χ0) is 21.0. The first-order valence-electron chi connectivity index (χ1n) is 8.40. The number of hydrogen-bond acceptors (Lipinski definition) is 6. The summed E-state index contributed by atoms with van der Waals surface area (Å²) in [6, 6.07) is 10.8. The highest BCUT2D eigenvalue weighted by Gasteiger charge is 2.24. The van der Waals surface area contributed by atoms with Gasteiger partial charge in [0.25, 0.3) is 5.91 Å². The molecule has 0 unspecified atom stereocenters. The molecule has 1 heterocycles. The number of aryl methyl sites for hydroxylation is 1. The van der Waals surface area contributed by atoms with Gasteiger partial charge in [-0.15, -0.1) is 0 Å². The summed E-state index contributed by atoms with van der Waals surface area (Å²) in [6.07, 6.45) is 1.65. The number of nitrogens with one attached hydrogen (secondary N) is 1. The number of aliphatic imine (C=N–C) groups is 1. The summed E-state index contributed by atoms with van der Waals surface area (Å²) < 4.78 is 9.81. The number of hydrogen-bond donors (Lipinski definition) is 1. The fraction of sp³-hybridized carbons (Fsp3) is 0.150. The highest BCUT2D eigenvalue weighted by molar-refractivity contribution is 8.18. The first-order chi connectivity index (χ1) is 13.9. The Labute approximate surface area is 181 Å². The predicted molar refractivity (Wildman–Crippen MR) is 116 cm³/mol. The molecule has 29 heavy (non-hydrogen) atoms. The van der Waals surface area contributed by atoms with E-state index in [1.54, 1.807) is 18.2 Å². The van der Waals surface area contributed by atoms with Crippen LogP contribution < -0.4 is 10.1 Å². The average molecular weight is 451 g/mol. The number of esters is 1. The number of thioether (sulfide) groups is 1. The average Bonchev–Trinajstić information content (AvgIpc) is 3.01. The van der Waals surface area contributed by atoms with Crippen molar-refractivity contribution in [2.45, 2.75) is 6.92 Å². The molecule has 1 amide bonds. The topological polar surface area (TPSA) is 77.0 Å². The molecule has 1 aliphatic heterocycles. The molecular weight excluding hydrogens is 435 g/mol. The number of methoxy groups -OCH3 is 1. The summed E-state index contributed by atoms with van der Waals surface area (Å²) in [5.41, 5.74) is 2.49. The molecule has 0 aliphatic carbocycles. The van der Waals surface area contributed by atoms with Gasteiger partial charge in [0.05, 0.1) is 27.7 Å². The van der Waals surface area contributed by atoms with Crippen LogP contribution in [0.4, 0.5) is 5.69 Å². The summed E-state index contributed by atoms with van der Waals surface area (Å²) >= 11 is 13.6. The second kappa shape index (κ2) is 9.35. The second-order valence-electron chi connectivity index (χ2n) is 6.00. The van der Waals surface area contributed by atoms with Crippen LogP contribution in [0.25, 0.3) is 6.08 Å². The minimum atomic E-state index is -0.553. The molecule has 3 rings (SSSR count).